The third-order valence-corrected chi connectivity index (χ3v) is 6.06. The standard InChI is InChI=1S/C23H27NO3/c25-14-22(16-8-2-1-3-9-16)24-23(26)27-15-21-19-12-6-4-10-17(19)18-11-5-7-13-20(18)21/h4-7,10-13,16,21-22,25H,1-3,8-9,14-15H2,(H,24,26)/t22-/m0/s1. The summed E-state index contributed by atoms with van der Waals surface area (Å²) in [5.41, 5.74) is 4.85. The van der Waals surface area contributed by atoms with Gasteiger partial charge in [0.25, 0.3) is 0 Å². The van der Waals surface area contributed by atoms with Gasteiger partial charge in [0.1, 0.15) is 6.61 Å². The highest BCUT2D eigenvalue weighted by Gasteiger charge is 2.30. The maximum absolute atomic E-state index is 12.4. The summed E-state index contributed by atoms with van der Waals surface area (Å²) >= 11 is 0. The van der Waals surface area contributed by atoms with Gasteiger partial charge >= 0.3 is 6.09 Å². The van der Waals surface area contributed by atoms with Crippen molar-refractivity contribution in [1.29, 1.82) is 0 Å². The lowest BCUT2D eigenvalue weighted by molar-refractivity contribution is 0.117. The fourth-order valence-electron chi connectivity index (χ4n) is 4.64. The number of hydrogen-bond acceptors (Lipinski definition) is 3. The molecule has 0 unspecified atom stereocenters. The van der Waals surface area contributed by atoms with Gasteiger partial charge in [0, 0.05) is 5.92 Å². The molecule has 0 spiro atoms. The highest BCUT2D eigenvalue weighted by Crippen LogP contribution is 2.44. The third kappa shape index (κ3) is 3.72. The largest absolute Gasteiger partial charge is 0.449 e. The summed E-state index contributed by atoms with van der Waals surface area (Å²) in [6, 6.07) is 16.4. The number of rotatable bonds is 5. The number of nitrogens with one attached hydrogen (secondary N) is 1. The summed E-state index contributed by atoms with van der Waals surface area (Å²) in [6.07, 6.45) is 5.30. The molecule has 0 aromatic heterocycles. The first-order valence-corrected chi connectivity index (χ1v) is 10.0. The first-order valence-electron chi connectivity index (χ1n) is 10.0. The predicted octanol–water partition coefficient (Wildman–Crippen LogP) is 4.47. The lowest BCUT2D eigenvalue weighted by atomic mass is 9.84. The molecule has 2 aliphatic carbocycles. The van der Waals surface area contributed by atoms with E-state index in [1.807, 2.05) is 24.3 Å². The number of carbonyl (C=O) groups excluding carboxylic acids is 1. The molecule has 1 saturated carbocycles. The average Bonchev–Trinajstić information content (AvgIpc) is 3.05. The first-order chi connectivity index (χ1) is 13.3. The van der Waals surface area contributed by atoms with E-state index in [1.54, 1.807) is 0 Å². The minimum absolute atomic E-state index is 0.0329. The molecule has 0 bridgehead atoms. The van der Waals surface area contributed by atoms with E-state index >= 15 is 0 Å². The van der Waals surface area contributed by atoms with E-state index in [0.29, 0.717) is 12.5 Å². The van der Waals surface area contributed by atoms with Crippen molar-refractivity contribution in [2.75, 3.05) is 13.2 Å². The van der Waals surface area contributed by atoms with Crippen molar-refractivity contribution < 1.29 is 14.6 Å². The summed E-state index contributed by atoms with van der Waals surface area (Å²) in [6.45, 7) is 0.275. The van der Waals surface area contributed by atoms with E-state index in [9.17, 15) is 9.90 Å². The second kappa shape index (κ2) is 8.13. The summed E-state index contributed by atoms with van der Waals surface area (Å²) in [5, 5.41) is 12.6. The minimum Gasteiger partial charge on any atom is -0.449 e. The van der Waals surface area contributed by atoms with Gasteiger partial charge in [-0.05, 0) is 41.0 Å². The van der Waals surface area contributed by atoms with Crippen LogP contribution < -0.4 is 5.32 Å². The van der Waals surface area contributed by atoms with Crippen molar-refractivity contribution in [3.05, 3.63) is 59.7 Å². The van der Waals surface area contributed by atoms with E-state index in [4.69, 9.17) is 4.74 Å². The topological polar surface area (TPSA) is 58.6 Å². The smallest absolute Gasteiger partial charge is 0.407 e. The van der Waals surface area contributed by atoms with E-state index < -0.39 is 6.09 Å². The Labute approximate surface area is 160 Å². The molecule has 4 rings (SSSR count). The molecule has 2 aromatic carbocycles. The fourth-order valence-corrected chi connectivity index (χ4v) is 4.64. The third-order valence-electron chi connectivity index (χ3n) is 6.06. The molecular formula is C23H27NO3. The van der Waals surface area contributed by atoms with Crippen molar-refractivity contribution in [1.82, 2.24) is 5.32 Å². The summed E-state index contributed by atoms with van der Waals surface area (Å²) < 4.78 is 5.60. The van der Waals surface area contributed by atoms with E-state index in [0.717, 1.165) is 12.8 Å². The average molecular weight is 365 g/mol. The SMILES string of the molecule is O=C(N[C@@H](CO)C1CCCCC1)OCC1c2ccccc2-c2ccccc21. The number of aliphatic hydroxyl groups excluding tert-OH is 1. The van der Waals surface area contributed by atoms with Gasteiger partial charge in [-0.1, -0.05) is 67.8 Å². The predicted molar refractivity (Wildman–Crippen MR) is 106 cm³/mol. The Morgan fingerprint density at radius 1 is 1.00 bits per heavy atom. The lowest BCUT2D eigenvalue weighted by Crippen LogP contribution is -2.44. The quantitative estimate of drug-likeness (QED) is 0.822. The molecule has 4 heteroatoms. The molecule has 0 heterocycles. The Balaban J connectivity index is 1.41. The van der Waals surface area contributed by atoms with Crippen LogP contribution in [0.25, 0.3) is 11.1 Å². The second-order valence-electron chi connectivity index (χ2n) is 7.66. The van der Waals surface area contributed by atoms with Gasteiger partial charge < -0.3 is 15.2 Å². The van der Waals surface area contributed by atoms with Gasteiger partial charge in [0.15, 0.2) is 0 Å². The highest BCUT2D eigenvalue weighted by atomic mass is 16.5. The van der Waals surface area contributed by atoms with Crippen LogP contribution in [0.1, 0.15) is 49.1 Å². The van der Waals surface area contributed by atoms with E-state index in [-0.39, 0.29) is 18.6 Å². The zero-order valence-electron chi connectivity index (χ0n) is 15.6. The molecule has 4 nitrogen and oxygen atoms in total. The normalized spacial score (nSPS) is 17.8. The monoisotopic (exact) mass is 365 g/mol. The van der Waals surface area contributed by atoms with Crippen LogP contribution in [0.15, 0.2) is 48.5 Å². The molecule has 0 aliphatic heterocycles. The number of ether oxygens (including phenoxy) is 1. The Morgan fingerprint density at radius 2 is 1.59 bits per heavy atom. The molecule has 2 aromatic rings. The maximum Gasteiger partial charge on any atom is 0.407 e. The lowest BCUT2D eigenvalue weighted by Gasteiger charge is -2.29. The van der Waals surface area contributed by atoms with Crippen molar-refractivity contribution in [3.8, 4) is 11.1 Å². The number of fused-ring (bicyclic) bond motifs is 3. The Hall–Kier alpha value is -2.33. The Kier molecular flexibility index (Phi) is 5.44. The van der Waals surface area contributed by atoms with Crippen LogP contribution in [0.3, 0.4) is 0 Å². The van der Waals surface area contributed by atoms with Crippen LogP contribution in [-0.2, 0) is 4.74 Å². The number of alkyl carbamates (subject to hydrolysis) is 1. The molecule has 1 atom stereocenters. The number of benzene rings is 2. The van der Waals surface area contributed by atoms with Crippen molar-refractivity contribution >= 4 is 6.09 Å². The van der Waals surface area contributed by atoms with Crippen LogP contribution in [0.2, 0.25) is 0 Å². The van der Waals surface area contributed by atoms with Crippen molar-refractivity contribution in [3.63, 3.8) is 0 Å². The van der Waals surface area contributed by atoms with Gasteiger partial charge in [0.2, 0.25) is 0 Å². The van der Waals surface area contributed by atoms with Gasteiger partial charge in [-0.3, -0.25) is 0 Å². The molecule has 0 saturated heterocycles. The number of amides is 1. The Morgan fingerprint density at radius 3 is 2.19 bits per heavy atom. The zero-order valence-corrected chi connectivity index (χ0v) is 15.6. The van der Waals surface area contributed by atoms with Gasteiger partial charge in [0.05, 0.1) is 12.6 Å². The van der Waals surface area contributed by atoms with E-state index in [1.165, 1.54) is 41.5 Å². The molecule has 1 fully saturated rings. The second-order valence-corrected chi connectivity index (χ2v) is 7.66. The number of aliphatic hydroxyl groups is 1. The van der Waals surface area contributed by atoms with Gasteiger partial charge in [-0.25, -0.2) is 4.79 Å². The highest BCUT2D eigenvalue weighted by molar-refractivity contribution is 5.79. The number of carbonyl (C=O) groups is 1. The van der Waals surface area contributed by atoms with Crippen LogP contribution in [-0.4, -0.2) is 30.5 Å². The molecule has 0 radical (unpaired) electrons. The van der Waals surface area contributed by atoms with Crippen LogP contribution in [0, 0.1) is 5.92 Å². The minimum atomic E-state index is -0.429. The maximum atomic E-state index is 12.4. The van der Waals surface area contributed by atoms with Crippen LogP contribution in [0.4, 0.5) is 4.79 Å². The summed E-state index contributed by atoms with van der Waals surface area (Å²) in [5.74, 6) is 0.412. The first kappa shape index (κ1) is 18.1. The molecule has 2 N–H and O–H groups in total. The molecule has 27 heavy (non-hydrogen) atoms. The number of hydrogen-bond donors (Lipinski definition) is 2. The van der Waals surface area contributed by atoms with Crippen LogP contribution >= 0.6 is 0 Å². The van der Waals surface area contributed by atoms with Gasteiger partial charge in [-0.2, -0.15) is 0 Å². The molecular weight excluding hydrogens is 338 g/mol. The van der Waals surface area contributed by atoms with Crippen molar-refractivity contribution in [2.24, 2.45) is 5.92 Å². The zero-order chi connectivity index (χ0) is 18.6. The molecule has 2 aliphatic rings. The Bertz CT molecular complexity index is 752. The summed E-state index contributed by atoms with van der Waals surface area (Å²) in [4.78, 5) is 12.4. The molecule has 142 valence electrons. The van der Waals surface area contributed by atoms with E-state index in [2.05, 4.69) is 29.6 Å². The fraction of sp³-hybridized carbons (Fsp3) is 0.435. The summed E-state index contributed by atoms with van der Waals surface area (Å²) in [7, 11) is 0. The van der Waals surface area contributed by atoms with Crippen LogP contribution in [0.5, 0.6) is 0 Å². The van der Waals surface area contributed by atoms with Gasteiger partial charge in [-0.15, -0.1) is 0 Å². The van der Waals surface area contributed by atoms with Crippen molar-refractivity contribution in [2.45, 2.75) is 44.1 Å². The molecule has 1 amide bonds.